The molecule has 4 nitrogen and oxygen atoms in total. The Morgan fingerprint density at radius 2 is 2.50 bits per heavy atom. The van der Waals surface area contributed by atoms with E-state index in [1.807, 2.05) is 12.3 Å². The number of rotatable bonds is 3. The van der Waals surface area contributed by atoms with Crippen LogP contribution >= 0.6 is 11.3 Å². The lowest BCUT2D eigenvalue weighted by Crippen LogP contribution is -2.50. The van der Waals surface area contributed by atoms with Crippen molar-refractivity contribution in [2.45, 2.75) is 12.5 Å². The fourth-order valence-corrected chi connectivity index (χ4v) is 3.14. The predicted octanol–water partition coefficient (Wildman–Crippen LogP) is 1.58. The van der Waals surface area contributed by atoms with E-state index in [0.29, 0.717) is 6.04 Å². The third kappa shape index (κ3) is 2.48. The molecule has 5 heteroatoms. The number of likely N-dealkylation sites (N-methyl/N-ethyl adjacent to an activating group) is 1. The minimum Gasteiger partial charge on any atom is -0.359 e. The van der Waals surface area contributed by atoms with Gasteiger partial charge in [-0.2, -0.15) is 0 Å². The van der Waals surface area contributed by atoms with Crippen LogP contribution in [0.25, 0.3) is 10.7 Å². The maximum Gasteiger partial charge on any atom is 0.139 e. The van der Waals surface area contributed by atoms with Crippen molar-refractivity contribution in [3.05, 3.63) is 29.4 Å². The molecule has 1 atom stereocenters. The Bertz CT molecular complexity index is 491. The summed E-state index contributed by atoms with van der Waals surface area (Å²) >= 11 is 1.72. The predicted molar refractivity (Wildman–Crippen MR) is 74.9 cm³/mol. The van der Waals surface area contributed by atoms with Crippen molar-refractivity contribution < 1.29 is 0 Å². The van der Waals surface area contributed by atoms with Crippen LogP contribution in [0.1, 0.15) is 5.69 Å². The van der Waals surface area contributed by atoms with Crippen LogP contribution in [0.3, 0.4) is 0 Å². The molecule has 1 fully saturated rings. The van der Waals surface area contributed by atoms with Crippen LogP contribution in [-0.4, -0.2) is 47.6 Å². The Kier molecular flexibility index (Phi) is 3.45. The fourth-order valence-electron chi connectivity index (χ4n) is 2.32. The summed E-state index contributed by atoms with van der Waals surface area (Å²) in [7, 11) is 2.20. The standard InChI is InChI=1S/C13H18N4S/c1-17-6-5-14-8-11(17)7-10-9-18-13(16-10)12-3-2-4-15-12/h2-4,9,11,14-15H,5-8H2,1H3. The van der Waals surface area contributed by atoms with Crippen LogP contribution in [0.15, 0.2) is 23.7 Å². The number of hydrogen-bond donors (Lipinski definition) is 2. The lowest BCUT2D eigenvalue weighted by atomic mass is 10.1. The maximum absolute atomic E-state index is 4.71. The first-order chi connectivity index (χ1) is 8.83. The van der Waals surface area contributed by atoms with Crippen LogP contribution in [-0.2, 0) is 6.42 Å². The van der Waals surface area contributed by atoms with Gasteiger partial charge in [-0.3, -0.25) is 0 Å². The van der Waals surface area contributed by atoms with E-state index in [2.05, 4.69) is 33.7 Å². The quantitative estimate of drug-likeness (QED) is 0.883. The smallest absolute Gasteiger partial charge is 0.139 e. The molecule has 1 aliphatic rings. The first-order valence-corrected chi connectivity index (χ1v) is 7.20. The van der Waals surface area contributed by atoms with Gasteiger partial charge in [0, 0.05) is 43.7 Å². The lowest BCUT2D eigenvalue weighted by Gasteiger charge is -2.32. The van der Waals surface area contributed by atoms with Crippen LogP contribution < -0.4 is 5.32 Å². The Morgan fingerprint density at radius 1 is 1.56 bits per heavy atom. The fraction of sp³-hybridized carbons (Fsp3) is 0.462. The van der Waals surface area contributed by atoms with Gasteiger partial charge < -0.3 is 15.2 Å². The van der Waals surface area contributed by atoms with Gasteiger partial charge in [0.05, 0.1) is 11.4 Å². The van der Waals surface area contributed by atoms with E-state index in [4.69, 9.17) is 4.98 Å². The van der Waals surface area contributed by atoms with E-state index in [-0.39, 0.29) is 0 Å². The van der Waals surface area contributed by atoms with Gasteiger partial charge in [0.25, 0.3) is 0 Å². The van der Waals surface area contributed by atoms with Gasteiger partial charge in [-0.15, -0.1) is 11.3 Å². The normalized spacial score (nSPS) is 21.3. The second kappa shape index (κ2) is 5.22. The van der Waals surface area contributed by atoms with E-state index in [0.717, 1.165) is 36.8 Å². The molecule has 0 aliphatic carbocycles. The number of H-pyrrole nitrogens is 1. The molecular formula is C13H18N4S. The lowest BCUT2D eigenvalue weighted by molar-refractivity contribution is 0.198. The number of aromatic amines is 1. The topological polar surface area (TPSA) is 44.0 Å². The highest BCUT2D eigenvalue weighted by Gasteiger charge is 2.20. The van der Waals surface area contributed by atoms with E-state index < -0.39 is 0 Å². The van der Waals surface area contributed by atoms with Gasteiger partial charge in [-0.1, -0.05) is 0 Å². The summed E-state index contributed by atoms with van der Waals surface area (Å²) in [6, 6.07) is 4.64. The molecule has 3 heterocycles. The Hall–Kier alpha value is -1.17. The Labute approximate surface area is 111 Å². The zero-order valence-electron chi connectivity index (χ0n) is 10.5. The molecule has 1 unspecified atom stereocenters. The number of nitrogens with zero attached hydrogens (tertiary/aromatic N) is 2. The zero-order chi connectivity index (χ0) is 12.4. The van der Waals surface area contributed by atoms with Crippen molar-refractivity contribution in [1.82, 2.24) is 20.2 Å². The van der Waals surface area contributed by atoms with E-state index in [1.54, 1.807) is 11.3 Å². The molecule has 96 valence electrons. The van der Waals surface area contributed by atoms with Gasteiger partial charge in [-0.05, 0) is 19.2 Å². The molecule has 2 aromatic heterocycles. The summed E-state index contributed by atoms with van der Waals surface area (Å²) in [6.45, 7) is 3.28. The molecular weight excluding hydrogens is 244 g/mol. The van der Waals surface area contributed by atoms with Crippen LogP contribution in [0.5, 0.6) is 0 Å². The number of nitrogens with one attached hydrogen (secondary N) is 2. The van der Waals surface area contributed by atoms with Gasteiger partial charge in [0.15, 0.2) is 0 Å². The second-order valence-corrected chi connectivity index (χ2v) is 5.63. The molecule has 3 rings (SSSR count). The third-order valence-corrected chi connectivity index (χ3v) is 4.39. The van der Waals surface area contributed by atoms with Crippen molar-refractivity contribution in [2.75, 3.05) is 26.7 Å². The first kappa shape index (κ1) is 11.9. The van der Waals surface area contributed by atoms with Crippen molar-refractivity contribution in [3.63, 3.8) is 0 Å². The number of piperazine rings is 1. The molecule has 0 spiro atoms. The highest BCUT2D eigenvalue weighted by molar-refractivity contribution is 7.13. The van der Waals surface area contributed by atoms with Crippen molar-refractivity contribution in [2.24, 2.45) is 0 Å². The van der Waals surface area contributed by atoms with Gasteiger partial charge in [0.2, 0.25) is 0 Å². The molecule has 1 aliphatic heterocycles. The third-order valence-electron chi connectivity index (χ3n) is 3.47. The highest BCUT2D eigenvalue weighted by Crippen LogP contribution is 2.23. The summed E-state index contributed by atoms with van der Waals surface area (Å²) in [4.78, 5) is 10.3. The molecule has 0 amide bonds. The van der Waals surface area contributed by atoms with Gasteiger partial charge in [-0.25, -0.2) is 4.98 Å². The number of thiazole rings is 1. The first-order valence-electron chi connectivity index (χ1n) is 6.32. The molecule has 1 saturated heterocycles. The molecule has 0 bridgehead atoms. The van der Waals surface area contributed by atoms with E-state index in [9.17, 15) is 0 Å². The largest absolute Gasteiger partial charge is 0.359 e. The zero-order valence-corrected chi connectivity index (χ0v) is 11.3. The SMILES string of the molecule is CN1CCNCC1Cc1csc(-c2ccc[nH]2)n1. The monoisotopic (exact) mass is 262 g/mol. The summed E-state index contributed by atoms with van der Waals surface area (Å²) < 4.78 is 0. The number of hydrogen-bond acceptors (Lipinski definition) is 4. The minimum absolute atomic E-state index is 0.567. The molecule has 0 aromatic carbocycles. The van der Waals surface area contributed by atoms with E-state index in [1.165, 1.54) is 5.69 Å². The van der Waals surface area contributed by atoms with E-state index >= 15 is 0 Å². The molecule has 2 aromatic rings. The Morgan fingerprint density at radius 3 is 3.28 bits per heavy atom. The van der Waals surface area contributed by atoms with Crippen molar-refractivity contribution >= 4 is 11.3 Å². The summed E-state index contributed by atoms with van der Waals surface area (Å²) in [6.07, 6.45) is 2.97. The highest BCUT2D eigenvalue weighted by atomic mass is 32.1. The molecule has 0 radical (unpaired) electrons. The Balaban J connectivity index is 1.70. The summed E-state index contributed by atoms with van der Waals surface area (Å²) in [5.74, 6) is 0. The average molecular weight is 262 g/mol. The number of aromatic nitrogens is 2. The van der Waals surface area contributed by atoms with Crippen LogP contribution in [0, 0.1) is 0 Å². The molecule has 2 N–H and O–H groups in total. The second-order valence-electron chi connectivity index (χ2n) is 4.77. The minimum atomic E-state index is 0.567. The van der Waals surface area contributed by atoms with Crippen molar-refractivity contribution in [1.29, 1.82) is 0 Å². The maximum atomic E-state index is 4.71. The summed E-state index contributed by atoms with van der Waals surface area (Å²) in [5.41, 5.74) is 2.31. The van der Waals surface area contributed by atoms with Gasteiger partial charge in [0.1, 0.15) is 5.01 Å². The average Bonchev–Trinajstić information content (AvgIpc) is 3.02. The van der Waals surface area contributed by atoms with Gasteiger partial charge >= 0.3 is 0 Å². The van der Waals surface area contributed by atoms with Crippen LogP contribution in [0.2, 0.25) is 0 Å². The summed E-state index contributed by atoms with van der Waals surface area (Å²) in [5, 5.41) is 6.71. The van der Waals surface area contributed by atoms with Crippen LogP contribution in [0.4, 0.5) is 0 Å². The van der Waals surface area contributed by atoms with Crippen molar-refractivity contribution in [3.8, 4) is 10.7 Å². The molecule has 18 heavy (non-hydrogen) atoms. The molecule has 0 saturated carbocycles.